The highest BCUT2D eigenvalue weighted by molar-refractivity contribution is 6.30. The molecule has 3 N–H and O–H groups in total. The van der Waals surface area contributed by atoms with Crippen LogP contribution in [0.4, 0.5) is 0 Å². The standard InChI is InChI=1S/C10H13ClN2O3/c1-5(2)8(10(15)16)13-9(14)7-3-6(11)4-12-7/h3-5,8,12H,1-2H3,(H,13,14)(H,15,16)/t8-/m1/s1. The van der Waals surface area contributed by atoms with E-state index in [1.54, 1.807) is 13.8 Å². The summed E-state index contributed by atoms with van der Waals surface area (Å²) in [6.07, 6.45) is 1.46. The highest BCUT2D eigenvalue weighted by Crippen LogP contribution is 2.10. The number of carbonyl (C=O) groups is 2. The summed E-state index contributed by atoms with van der Waals surface area (Å²) in [6, 6.07) is 0.533. The molecule has 0 unspecified atom stereocenters. The summed E-state index contributed by atoms with van der Waals surface area (Å²) >= 11 is 5.64. The third-order valence-electron chi connectivity index (χ3n) is 2.11. The van der Waals surface area contributed by atoms with E-state index in [4.69, 9.17) is 16.7 Å². The first kappa shape index (κ1) is 12.6. The minimum Gasteiger partial charge on any atom is -0.480 e. The van der Waals surface area contributed by atoms with E-state index >= 15 is 0 Å². The summed E-state index contributed by atoms with van der Waals surface area (Å²) in [7, 11) is 0. The molecule has 1 heterocycles. The molecule has 5 nitrogen and oxygen atoms in total. The monoisotopic (exact) mass is 244 g/mol. The number of carboxylic acids is 1. The number of rotatable bonds is 4. The molecule has 0 saturated heterocycles. The van der Waals surface area contributed by atoms with Gasteiger partial charge in [0.2, 0.25) is 0 Å². The van der Waals surface area contributed by atoms with Gasteiger partial charge in [0, 0.05) is 6.20 Å². The molecule has 1 aromatic heterocycles. The summed E-state index contributed by atoms with van der Waals surface area (Å²) in [4.78, 5) is 25.1. The number of aromatic nitrogens is 1. The number of aromatic amines is 1. The highest BCUT2D eigenvalue weighted by atomic mass is 35.5. The molecule has 0 aromatic carbocycles. The molecule has 0 fully saturated rings. The molecule has 0 bridgehead atoms. The van der Waals surface area contributed by atoms with Gasteiger partial charge in [-0.1, -0.05) is 25.4 Å². The Balaban J connectivity index is 2.73. The number of aliphatic carboxylic acids is 1. The zero-order valence-corrected chi connectivity index (χ0v) is 9.71. The topological polar surface area (TPSA) is 82.2 Å². The minimum atomic E-state index is -1.05. The van der Waals surface area contributed by atoms with Crippen LogP contribution in [0.25, 0.3) is 0 Å². The van der Waals surface area contributed by atoms with Gasteiger partial charge >= 0.3 is 5.97 Å². The Kier molecular flexibility index (Phi) is 3.95. The van der Waals surface area contributed by atoms with Gasteiger partial charge in [0.1, 0.15) is 11.7 Å². The largest absolute Gasteiger partial charge is 0.480 e. The van der Waals surface area contributed by atoms with E-state index in [0.29, 0.717) is 5.02 Å². The maximum absolute atomic E-state index is 11.6. The van der Waals surface area contributed by atoms with Crippen molar-refractivity contribution in [2.24, 2.45) is 5.92 Å². The van der Waals surface area contributed by atoms with Gasteiger partial charge in [0.05, 0.1) is 5.02 Å². The lowest BCUT2D eigenvalue weighted by atomic mass is 10.0. The fraction of sp³-hybridized carbons (Fsp3) is 0.400. The van der Waals surface area contributed by atoms with Crippen molar-refractivity contribution in [3.63, 3.8) is 0 Å². The Morgan fingerprint density at radius 2 is 2.12 bits per heavy atom. The van der Waals surface area contributed by atoms with Gasteiger partial charge in [-0.2, -0.15) is 0 Å². The zero-order chi connectivity index (χ0) is 12.3. The van der Waals surface area contributed by atoms with Gasteiger partial charge in [-0.05, 0) is 12.0 Å². The van der Waals surface area contributed by atoms with Crippen molar-refractivity contribution in [3.05, 3.63) is 23.0 Å². The van der Waals surface area contributed by atoms with Crippen LogP contribution < -0.4 is 5.32 Å². The lowest BCUT2D eigenvalue weighted by Crippen LogP contribution is -2.44. The summed E-state index contributed by atoms with van der Waals surface area (Å²) in [5, 5.41) is 11.7. The fourth-order valence-corrected chi connectivity index (χ4v) is 1.40. The first-order chi connectivity index (χ1) is 7.41. The van der Waals surface area contributed by atoms with Crippen LogP contribution in [0.15, 0.2) is 12.3 Å². The molecule has 0 aliphatic heterocycles. The lowest BCUT2D eigenvalue weighted by Gasteiger charge is -2.17. The van der Waals surface area contributed by atoms with Crippen LogP contribution in [0.5, 0.6) is 0 Å². The number of carboxylic acid groups (broad SMARTS) is 1. The molecule has 1 rings (SSSR count). The first-order valence-electron chi connectivity index (χ1n) is 4.79. The van der Waals surface area contributed by atoms with E-state index in [1.165, 1.54) is 12.3 Å². The zero-order valence-electron chi connectivity index (χ0n) is 8.95. The van der Waals surface area contributed by atoms with Gasteiger partial charge in [-0.15, -0.1) is 0 Å². The van der Waals surface area contributed by atoms with E-state index < -0.39 is 17.9 Å². The third kappa shape index (κ3) is 3.00. The van der Waals surface area contributed by atoms with Crippen molar-refractivity contribution >= 4 is 23.5 Å². The molecular weight excluding hydrogens is 232 g/mol. The Bertz CT molecular complexity index is 401. The fourth-order valence-electron chi connectivity index (χ4n) is 1.23. The molecule has 16 heavy (non-hydrogen) atoms. The van der Waals surface area contributed by atoms with E-state index in [1.807, 2.05) is 0 Å². The number of H-pyrrole nitrogens is 1. The van der Waals surface area contributed by atoms with Gasteiger partial charge in [0.25, 0.3) is 5.91 Å². The van der Waals surface area contributed by atoms with Crippen molar-refractivity contribution in [1.29, 1.82) is 0 Å². The molecule has 0 spiro atoms. The highest BCUT2D eigenvalue weighted by Gasteiger charge is 2.24. The van der Waals surface area contributed by atoms with Gasteiger partial charge in [0.15, 0.2) is 0 Å². The molecule has 0 saturated carbocycles. The predicted molar refractivity (Wildman–Crippen MR) is 59.5 cm³/mol. The number of nitrogens with one attached hydrogen (secondary N) is 2. The number of hydrogen-bond acceptors (Lipinski definition) is 2. The van der Waals surface area contributed by atoms with Crippen LogP contribution in [-0.2, 0) is 4.79 Å². The Hall–Kier alpha value is -1.49. The maximum Gasteiger partial charge on any atom is 0.326 e. The Morgan fingerprint density at radius 1 is 1.50 bits per heavy atom. The van der Waals surface area contributed by atoms with E-state index in [9.17, 15) is 9.59 Å². The lowest BCUT2D eigenvalue weighted by molar-refractivity contribution is -0.140. The van der Waals surface area contributed by atoms with Crippen LogP contribution in [0.2, 0.25) is 5.02 Å². The first-order valence-corrected chi connectivity index (χ1v) is 5.17. The average Bonchev–Trinajstić information content (AvgIpc) is 2.59. The molecule has 1 amide bonds. The normalized spacial score (nSPS) is 12.5. The van der Waals surface area contributed by atoms with E-state index in [-0.39, 0.29) is 11.6 Å². The third-order valence-corrected chi connectivity index (χ3v) is 2.33. The van der Waals surface area contributed by atoms with Crippen molar-refractivity contribution in [3.8, 4) is 0 Å². The second kappa shape index (κ2) is 5.03. The van der Waals surface area contributed by atoms with Crippen LogP contribution in [0.1, 0.15) is 24.3 Å². The van der Waals surface area contributed by atoms with Crippen molar-refractivity contribution in [2.45, 2.75) is 19.9 Å². The van der Waals surface area contributed by atoms with Crippen molar-refractivity contribution in [2.75, 3.05) is 0 Å². The van der Waals surface area contributed by atoms with Crippen LogP contribution >= 0.6 is 11.6 Å². The second-order valence-corrected chi connectivity index (χ2v) is 4.20. The maximum atomic E-state index is 11.6. The molecule has 1 atom stereocenters. The number of halogens is 1. The molecule has 0 aliphatic rings. The quantitative estimate of drug-likeness (QED) is 0.751. The molecule has 0 radical (unpaired) electrons. The van der Waals surface area contributed by atoms with E-state index in [2.05, 4.69) is 10.3 Å². The van der Waals surface area contributed by atoms with Gasteiger partial charge in [-0.3, -0.25) is 4.79 Å². The molecule has 0 aliphatic carbocycles. The van der Waals surface area contributed by atoms with E-state index in [0.717, 1.165) is 0 Å². The average molecular weight is 245 g/mol. The van der Waals surface area contributed by atoms with Gasteiger partial charge < -0.3 is 15.4 Å². The SMILES string of the molecule is CC(C)[C@@H](NC(=O)c1cc(Cl)c[nH]1)C(=O)O. The second-order valence-electron chi connectivity index (χ2n) is 3.76. The Labute approximate surface area is 97.8 Å². The molecule has 1 aromatic rings. The smallest absolute Gasteiger partial charge is 0.326 e. The van der Waals surface area contributed by atoms with Crippen LogP contribution in [0.3, 0.4) is 0 Å². The molecular formula is C10H13ClN2O3. The summed E-state index contributed by atoms with van der Waals surface area (Å²) < 4.78 is 0. The summed E-state index contributed by atoms with van der Waals surface area (Å²) in [6.45, 7) is 3.45. The number of carbonyl (C=O) groups excluding carboxylic acids is 1. The summed E-state index contributed by atoms with van der Waals surface area (Å²) in [5.74, 6) is -1.72. The molecule has 88 valence electrons. The summed E-state index contributed by atoms with van der Waals surface area (Å²) in [5.41, 5.74) is 0.247. The minimum absolute atomic E-state index is 0.188. The van der Waals surface area contributed by atoms with Gasteiger partial charge in [-0.25, -0.2) is 4.79 Å². The Morgan fingerprint density at radius 3 is 2.50 bits per heavy atom. The van der Waals surface area contributed by atoms with Crippen LogP contribution in [-0.4, -0.2) is 28.0 Å². The van der Waals surface area contributed by atoms with Crippen LogP contribution in [0, 0.1) is 5.92 Å². The van der Waals surface area contributed by atoms with Crippen molar-refractivity contribution < 1.29 is 14.7 Å². The number of hydrogen-bond donors (Lipinski definition) is 3. The number of amides is 1. The predicted octanol–water partition coefficient (Wildman–Crippen LogP) is 1.51. The van der Waals surface area contributed by atoms with Crippen molar-refractivity contribution in [1.82, 2.24) is 10.3 Å². The molecule has 6 heteroatoms.